The maximum atomic E-state index is 12.7. The summed E-state index contributed by atoms with van der Waals surface area (Å²) in [5.74, 6) is -0.754. The van der Waals surface area contributed by atoms with Crippen molar-refractivity contribution >= 4 is 28.6 Å². The van der Waals surface area contributed by atoms with E-state index in [1.165, 1.54) is 0 Å². The van der Waals surface area contributed by atoms with Gasteiger partial charge in [-0.05, 0) is 44.4 Å². The summed E-state index contributed by atoms with van der Waals surface area (Å²) >= 11 is 0. The van der Waals surface area contributed by atoms with Crippen LogP contribution in [-0.4, -0.2) is 39.8 Å². The van der Waals surface area contributed by atoms with E-state index in [0.29, 0.717) is 34.5 Å². The van der Waals surface area contributed by atoms with Crippen molar-refractivity contribution in [3.63, 3.8) is 0 Å². The number of aryl methyl sites for hydroxylation is 4. The van der Waals surface area contributed by atoms with E-state index < -0.39 is 5.97 Å². The summed E-state index contributed by atoms with van der Waals surface area (Å²) in [5.41, 5.74) is 4.46. The van der Waals surface area contributed by atoms with Gasteiger partial charge in [0.15, 0.2) is 12.3 Å². The third-order valence-electron chi connectivity index (χ3n) is 5.05. The van der Waals surface area contributed by atoms with Crippen molar-refractivity contribution in [2.45, 2.75) is 26.7 Å². The van der Waals surface area contributed by atoms with Gasteiger partial charge in [-0.1, -0.05) is 18.2 Å². The molecule has 7 nitrogen and oxygen atoms in total. The number of rotatable bonds is 3. The summed E-state index contributed by atoms with van der Waals surface area (Å²) in [5, 5.41) is 5.00. The maximum absolute atomic E-state index is 12.7. The molecule has 3 heterocycles. The molecule has 1 aromatic carbocycles. The molecule has 2 aromatic heterocycles. The van der Waals surface area contributed by atoms with Crippen LogP contribution in [0.1, 0.15) is 33.7 Å². The number of carbonyl (C=O) groups excluding carboxylic acids is 2. The van der Waals surface area contributed by atoms with Crippen LogP contribution in [0.3, 0.4) is 0 Å². The lowest BCUT2D eigenvalue weighted by molar-refractivity contribution is -0.121. The second-order valence-electron chi connectivity index (χ2n) is 7.07. The highest BCUT2D eigenvalue weighted by atomic mass is 16.5. The molecule has 0 saturated carbocycles. The van der Waals surface area contributed by atoms with Gasteiger partial charge in [0.25, 0.3) is 5.91 Å². The van der Waals surface area contributed by atoms with Gasteiger partial charge >= 0.3 is 5.97 Å². The second-order valence-corrected chi connectivity index (χ2v) is 7.07. The summed E-state index contributed by atoms with van der Waals surface area (Å²) in [6.45, 7) is 3.98. The molecule has 0 unspecified atom stereocenters. The van der Waals surface area contributed by atoms with Crippen LogP contribution in [0.2, 0.25) is 0 Å². The number of hydrogen-bond acceptors (Lipinski definition) is 5. The van der Waals surface area contributed by atoms with Crippen LogP contribution in [-0.2, 0) is 23.0 Å². The zero-order valence-electron chi connectivity index (χ0n) is 16.2. The van der Waals surface area contributed by atoms with Crippen LogP contribution in [0.25, 0.3) is 11.0 Å². The minimum Gasteiger partial charge on any atom is -0.452 e. The van der Waals surface area contributed by atoms with Crippen LogP contribution in [0.15, 0.2) is 30.3 Å². The van der Waals surface area contributed by atoms with E-state index in [-0.39, 0.29) is 12.5 Å². The Bertz CT molecular complexity index is 1090. The number of hydrogen-bond donors (Lipinski definition) is 0. The normalized spacial score (nSPS) is 13.5. The fourth-order valence-corrected chi connectivity index (χ4v) is 3.81. The Morgan fingerprint density at radius 2 is 2.00 bits per heavy atom. The quantitative estimate of drug-likeness (QED) is 0.655. The zero-order valence-corrected chi connectivity index (χ0v) is 16.2. The smallest absolute Gasteiger partial charge is 0.339 e. The topological polar surface area (TPSA) is 77.3 Å². The number of amides is 1. The largest absolute Gasteiger partial charge is 0.452 e. The lowest BCUT2D eigenvalue weighted by Gasteiger charge is -2.29. The van der Waals surface area contributed by atoms with E-state index in [4.69, 9.17) is 4.74 Å². The summed E-state index contributed by atoms with van der Waals surface area (Å²) < 4.78 is 7.03. The molecule has 0 N–H and O–H groups in total. The van der Waals surface area contributed by atoms with Crippen molar-refractivity contribution in [1.29, 1.82) is 0 Å². The molecule has 144 valence electrons. The monoisotopic (exact) mass is 378 g/mol. The number of nitrogens with zero attached hydrogens (tertiary/aromatic N) is 4. The van der Waals surface area contributed by atoms with Crippen molar-refractivity contribution < 1.29 is 14.3 Å². The average molecular weight is 378 g/mol. The lowest BCUT2D eigenvalue weighted by Crippen LogP contribution is -2.38. The number of pyridine rings is 1. The predicted octanol–water partition coefficient (Wildman–Crippen LogP) is 2.72. The van der Waals surface area contributed by atoms with Crippen LogP contribution in [0.4, 0.5) is 5.69 Å². The van der Waals surface area contributed by atoms with E-state index in [0.717, 1.165) is 24.1 Å². The van der Waals surface area contributed by atoms with Crippen molar-refractivity contribution in [3.8, 4) is 0 Å². The Morgan fingerprint density at radius 1 is 1.21 bits per heavy atom. The molecule has 0 atom stereocenters. The van der Waals surface area contributed by atoms with E-state index in [1.807, 2.05) is 38.1 Å². The molecule has 0 aliphatic carbocycles. The van der Waals surface area contributed by atoms with Gasteiger partial charge in [-0.15, -0.1) is 0 Å². The van der Waals surface area contributed by atoms with Crippen molar-refractivity contribution in [2.24, 2.45) is 7.05 Å². The summed E-state index contributed by atoms with van der Waals surface area (Å²) in [6.07, 6.45) is 1.85. The number of ether oxygens (including phenoxy) is 1. The van der Waals surface area contributed by atoms with Crippen molar-refractivity contribution in [1.82, 2.24) is 14.8 Å². The standard InChI is InChI=1S/C21H22N4O3/c1-13-11-16(19-14(2)23-24(3)20(19)22-13)21(27)28-12-18(26)25-10-6-8-15-7-4-5-9-17(15)25/h4-5,7,9,11H,6,8,10,12H2,1-3H3. The van der Waals surface area contributed by atoms with E-state index in [9.17, 15) is 9.59 Å². The minimum absolute atomic E-state index is 0.217. The van der Waals surface area contributed by atoms with Gasteiger partial charge in [0.1, 0.15) is 0 Å². The first-order valence-electron chi connectivity index (χ1n) is 9.32. The third kappa shape index (κ3) is 3.13. The Hall–Kier alpha value is -3.22. The number of aromatic nitrogens is 3. The van der Waals surface area contributed by atoms with Gasteiger partial charge in [-0.2, -0.15) is 5.10 Å². The number of carbonyl (C=O) groups is 2. The van der Waals surface area contributed by atoms with E-state index in [1.54, 1.807) is 22.7 Å². The molecule has 1 aliphatic rings. The van der Waals surface area contributed by atoms with Gasteiger partial charge in [0.05, 0.1) is 16.6 Å². The minimum atomic E-state index is -0.537. The summed E-state index contributed by atoms with van der Waals surface area (Å²) in [4.78, 5) is 31.6. The van der Waals surface area contributed by atoms with Crippen molar-refractivity contribution in [3.05, 3.63) is 52.8 Å². The molecule has 1 aliphatic heterocycles. The Labute approximate surface area is 162 Å². The van der Waals surface area contributed by atoms with Gasteiger partial charge < -0.3 is 9.64 Å². The van der Waals surface area contributed by atoms with Crippen LogP contribution >= 0.6 is 0 Å². The molecular weight excluding hydrogens is 356 g/mol. The summed E-state index contributed by atoms with van der Waals surface area (Å²) in [7, 11) is 1.79. The van der Waals surface area contributed by atoms with Gasteiger partial charge in [-0.25, -0.2) is 9.78 Å². The molecule has 0 spiro atoms. The molecular formula is C21H22N4O3. The van der Waals surface area contributed by atoms with Crippen LogP contribution in [0.5, 0.6) is 0 Å². The van der Waals surface area contributed by atoms with Gasteiger partial charge in [0, 0.05) is 25.0 Å². The fraction of sp³-hybridized carbons (Fsp3) is 0.333. The molecule has 0 saturated heterocycles. The fourth-order valence-electron chi connectivity index (χ4n) is 3.81. The molecule has 28 heavy (non-hydrogen) atoms. The molecule has 0 bridgehead atoms. The molecule has 0 radical (unpaired) electrons. The number of esters is 1. The maximum Gasteiger partial charge on any atom is 0.339 e. The highest BCUT2D eigenvalue weighted by Crippen LogP contribution is 2.27. The Morgan fingerprint density at radius 3 is 2.82 bits per heavy atom. The second kappa shape index (κ2) is 7.07. The molecule has 3 aromatic rings. The first-order chi connectivity index (χ1) is 13.5. The zero-order chi connectivity index (χ0) is 19.8. The van der Waals surface area contributed by atoms with Gasteiger partial charge in [-0.3, -0.25) is 9.48 Å². The molecule has 1 amide bonds. The van der Waals surface area contributed by atoms with E-state index >= 15 is 0 Å². The Kier molecular flexibility index (Phi) is 4.58. The first kappa shape index (κ1) is 18.2. The van der Waals surface area contributed by atoms with Gasteiger partial charge in [0.2, 0.25) is 0 Å². The Balaban J connectivity index is 1.54. The van der Waals surface area contributed by atoms with Crippen LogP contribution < -0.4 is 4.90 Å². The SMILES string of the molecule is Cc1cc(C(=O)OCC(=O)N2CCCc3ccccc32)c2c(C)nn(C)c2n1. The van der Waals surface area contributed by atoms with Crippen LogP contribution in [0, 0.1) is 13.8 Å². The summed E-state index contributed by atoms with van der Waals surface area (Å²) in [6, 6.07) is 9.53. The number of anilines is 1. The highest BCUT2D eigenvalue weighted by molar-refractivity contribution is 6.05. The predicted molar refractivity (Wildman–Crippen MR) is 105 cm³/mol. The molecule has 4 rings (SSSR count). The third-order valence-corrected chi connectivity index (χ3v) is 5.05. The molecule has 7 heteroatoms. The number of fused-ring (bicyclic) bond motifs is 2. The van der Waals surface area contributed by atoms with E-state index in [2.05, 4.69) is 10.1 Å². The average Bonchev–Trinajstić information content (AvgIpc) is 2.98. The number of para-hydroxylation sites is 1. The van der Waals surface area contributed by atoms with Crippen molar-refractivity contribution in [2.75, 3.05) is 18.1 Å². The molecule has 0 fully saturated rings. The lowest BCUT2D eigenvalue weighted by atomic mass is 10.0. The highest BCUT2D eigenvalue weighted by Gasteiger charge is 2.24. The number of benzene rings is 1. The first-order valence-corrected chi connectivity index (χ1v) is 9.32.